The molecule has 4 heteroatoms. The molecule has 0 amide bonds. The van der Waals surface area contributed by atoms with Crippen molar-refractivity contribution in [2.24, 2.45) is 11.8 Å². The van der Waals surface area contributed by atoms with Gasteiger partial charge in [0.1, 0.15) is 0 Å². The average Bonchev–Trinajstić information content (AvgIpc) is 2.42. The minimum Gasteiger partial charge on any atom is -0.267 e. The second-order valence-electron chi connectivity index (χ2n) is 4.01. The van der Waals surface area contributed by atoms with Gasteiger partial charge in [-0.05, 0) is 37.5 Å². The summed E-state index contributed by atoms with van der Waals surface area (Å²) < 4.78 is 26.7. The van der Waals surface area contributed by atoms with Crippen LogP contribution in [0.1, 0.15) is 25.7 Å². The van der Waals surface area contributed by atoms with Crippen LogP contribution in [0.2, 0.25) is 0 Å². The monoisotopic (exact) mass is 190 g/mol. The molecule has 2 aliphatic rings. The predicted molar refractivity (Wildman–Crippen MR) is 45.2 cm³/mol. The van der Waals surface area contributed by atoms with E-state index < -0.39 is 10.1 Å². The molecular formula is C8H14O3S. The van der Waals surface area contributed by atoms with Crippen LogP contribution in [0.5, 0.6) is 0 Å². The summed E-state index contributed by atoms with van der Waals surface area (Å²) in [5.41, 5.74) is 0. The Balaban J connectivity index is 2.00. The highest BCUT2D eigenvalue weighted by Crippen LogP contribution is 2.46. The first kappa shape index (κ1) is 8.51. The first-order valence-electron chi connectivity index (χ1n) is 4.43. The molecule has 0 spiro atoms. The van der Waals surface area contributed by atoms with Crippen LogP contribution in [0.3, 0.4) is 0 Å². The number of fused-ring (bicyclic) bond motifs is 2. The Morgan fingerprint density at radius 1 is 1.25 bits per heavy atom. The van der Waals surface area contributed by atoms with Crippen LogP contribution in [0.15, 0.2) is 0 Å². The molecule has 0 aliphatic heterocycles. The van der Waals surface area contributed by atoms with Gasteiger partial charge in [0.2, 0.25) is 0 Å². The maximum Gasteiger partial charge on any atom is 0.264 e. The molecule has 0 N–H and O–H groups in total. The van der Waals surface area contributed by atoms with Crippen molar-refractivity contribution in [2.75, 3.05) is 6.26 Å². The van der Waals surface area contributed by atoms with Gasteiger partial charge in [0, 0.05) is 0 Å². The molecule has 0 unspecified atom stereocenters. The van der Waals surface area contributed by atoms with Gasteiger partial charge in [0.15, 0.2) is 0 Å². The lowest BCUT2D eigenvalue weighted by molar-refractivity contribution is 0.147. The molecule has 0 heterocycles. The number of hydrogen-bond acceptors (Lipinski definition) is 3. The minimum atomic E-state index is -3.23. The maximum absolute atomic E-state index is 10.8. The minimum absolute atomic E-state index is 0.00116. The summed E-state index contributed by atoms with van der Waals surface area (Å²) in [6.07, 6.45) is 5.70. The smallest absolute Gasteiger partial charge is 0.264 e. The molecule has 2 aliphatic carbocycles. The number of hydrogen-bond donors (Lipinski definition) is 0. The molecule has 0 aromatic rings. The molecule has 3 atom stereocenters. The van der Waals surface area contributed by atoms with E-state index in [1.807, 2.05) is 0 Å². The zero-order valence-electron chi connectivity index (χ0n) is 7.19. The quantitative estimate of drug-likeness (QED) is 0.613. The van der Waals surface area contributed by atoms with Crippen molar-refractivity contribution in [2.45, 2.75) is 31.8 Å². The second kappa shape index (κ2) is 2.70. The van der Waals surface area contributed by atoms with Crippen LogP contribution in [0.4, 0.5) is 0 Å². The Morgan fingerprint density at radius 3 is 2.42 bits per heavy atom. The van der Waals surface area contributed by atoms with E-state index in [2.05, 4.69) is 0 Å². The van der Waals surface area contributed by atoms with Crippen molar-refractivity contribution < 1.29 is 12.6 Å². The fourth-order valence-electron chi connectivity index (χ4n) is 2.53. The molecule has 2 fully saturated rings. The van der Waals surface area contributed by atoms with Gasteiger partial charge in [-0.15, -0.1) is 0 Å². The average molecular weight is 190 g/mol. The lowest BCUT2D eigenvalue weighted by Gasteiger charge is -2.20. The fourth-order valence-corrected chi connectivity index (χ4v) is 3.21. The van der Waals surface area contributed by atoms with Gasteiger partial charge in [-0.3, -0.25) is 4.18 Å². The Hall–Kier alpha value is -0.0900. The van der Waals surface area contributed by atoms with Crippen LogP contribution in [0, 0.1) is 11.8 Å². The molecule has 0 aromatic carbocycles. The lowest BCUT2D eigenvalue weighted by atomic mass is 9.98. The Bertz CT molecular complexity index is 270. The first-order valence-corrected chi connectivity index (χ1v) is 6.24. The van der Waals surface area contributed by atoms with Crippen LogP contribution in [0.25, 0.3) is 0 Å². The second-order valence-corrected chi connectivity index (χ2v) is 5.61. The third-order valence-corrected chi connectivity index (χ3v) is 3.57. The lowest BCUT2D eigenvalue weighted by Crippen LogP contribution is -2.23. The Kier molecular flexibility index (Phi) is 1.92. The molecule has 3 nitrogen and oxygen atoms in total. The van der Waals surface area contributed by atoms with E-state index >= 15 is 0 Å². The van der Waals surface area contributed by atoms with E-state index in [1.54, 1.807) is 0 Å². The van der Waals surface area contributed by atoms with Crippen molar-refractivity contribution in [1.82, 2.24) is 0 Å². The van der Waals surface area contributed by atoms with Crippen LogP contribution in [-0.2, 0) is 14.3 Å². The van der Waals surface area contributed by atoms with Gasteiger partial charge >= 0.3 is 0 Å². The molecule has 70 valence electrons. The van der Waals surface area contributed by atoms with Crippen molar-refractivity contribution in [3.05, 3.63) is 0 Å². The van der Waals surface area contributed by atoms with Crippen molar-refractivity contribution in [3.8, 4) is 0 Å². The molecule has 0 radical (unpaired) electrons. The summed E-state index contributed by atoms with van der Waals surface area (Å²) in [4.78, 5) is 0. The molecule has 2 rings (SSSR count). The van der Waals surface area contributed by atoms with E-state index in [-0.39, 0.29) is 6.10 Å². The summed E-state index contributed by atoms with van der Waals surface area (Å²) >= 11 is 0. The zero-order chi connectivity index (χ0) is 8.77. The summed E-state index contributed by atoms with van der Waals surface area (Å²) in [7, 11) is -3.23. The number of rotatable bonds is 2. The van der Waals surface area contributed by atoms with Gasteiger partial charge in [0.05, 0.1) is 12.4 Å². The molecular weight excluding hydrogens is 176 g/mol. The summed E-state index contributed by atoms with van der Waals surface area (Å²) in [5.74, 6) is 1.26. The van der Waals surface area contributed by atoms with E-state index in [4.69, 9.17) is 4.18 Å². The Labute approximate surface area is 73.2 Å². The van der Waals surface area contributed by atoms with E-state index in [9.17, 15) is 8.42 Å². The summed E-state index contributed by atoms with van der Waals surface area (Å²) in [6, 6.07) is 0. The molecule has 2 bridgehead atoms. The van der Waals surface area contributed by atoms with Gasteiger partial charge in [-0.1, -0.05) is 0 Å². The highest BCUT2D eigenvalue weighted by Gasteiger charge is 2.41. The summed E-state index contributed by atoms with van der Waals surface area (Å²) in [5, 5.41) is 0. The van der Waals surface area contributed by atoms with Crippen LogP contribution < -0.4 is 0 Å². The standard InChI is InChI=1S/C8H14O3S/c1-12(9,10)11-8-5-6-2-3-7(8)4-6/h6-8H,2-5H2,1H3/t6-,7+,8+/m0/s1. The third-order valence-electron chi connectivity index (χ3n) is 2.97. The van der Waals surface area contributed by atoms with Crippen molar-refractivity contribution in [1.29, 1.82) is 0 Å². The molecule has 12 heavy (non-hydrogen) atoms. The largest absolute Gasteiger partial charge is 0.267 e. The van der Waals surface area contributed by atoms with Gasteiger partial charge in [-0.2, -0.15) is 8.42 Å². The maximum atomic E-state index is 10.8. The van der Waals surface area contributed by atoms with E-state index in [0.29, 0.717) is 5.92 Å². The predicted octanol–water partition coefficient (Wildman–Crippen LogP) is 1.15. The van der Waals surface area contributed by atoms with Crippen molar-refractivity contribution in [3.63, 3.8) is 0 Å². The zero-order valence-corrected chi connectivity index (χ0v) is 8.01. The fraction of sp³-hybridized carbons (Fsp3) is 1.00. The topological polar surface area (TPSA) is 43.4 Å². The molecule has 0 aromatic heterocycles. The summed E-state index contributed by atoms with van der Waals surface area (Å²) in [6.45, 7) is 0. The van der Waals surface area contributed by atoms with E-state index in [1.165, 1.54) is 12.8 Å². The van der Waals surface area contributed by atoms with Crippen molar-refractivity contribution >= 4 is 10.1 Å². The molecule has 2 saturated carbocycles. The normalized spacial score (nSPS) is 40.6. The first-order chi connectivity index (χ1) is 5.54. The highest BCUT2D eigenvalue weighted by atomic mass is 32.2. The van der Waals surface area contributed by atoms with E-state index in [0.717, 1.165) is 25.0 Å². The van der Waals surface area contributed by atoms with Gasteiger partial charge in [-0.25, -0.2) is 0 Å². The molecule has 0 saturated heterocycles. The van der Waals surface area contributed by atoms with Crippen LogP contribution in [-0.4, -0.2) is 20.8 Å². The Morgan fingerprint density at radius 2 is 2.00 bits per heavy atom. The third kappa shape index (κ3) is 1.64. The SMILES string of the molecule is CS(=O)(=O)O[C@@H]1C[C@H]2CC[C@@H]1C2. The van der Waals surface area contributed by atoms with Crippen LogP contribution >= 0.6 is 0 Å². The van der Waals surface area contributed by atoms with Gasteiger partial charge < -0.3 is 0 Å². The highest BCUT2D eigenvalue weighted by molar-refractivity contribution is 7.86. The van der Waals surface area contributed by atoms with Gasteiger partial charge in [0.25, 0.3) is 10.1 Å².